The molecular weight excluding hydrogens is 541 g/mol. The number of rotatable bonds is 5. The lowest BCUT2D eigenvalue weighted by Gasteiger charge is -2.25. The summed E-state index contributed by atoms with van der Waals surface area (Å²) in [6.45, 7) is 3.51. The number of carbonyl (C=O) groups is 2. The molecule has 2 amide bonds. The Morgan fingerprint density at radius 3 is 2.33 bits per heavy atom. The van der Waals surface area contributed by atoms with Gasteiger partial charge in [-0.15, -0.1) is 0 Å². The first-order chi connectivity index (χ1) is 19.0. The van der Waals surface area contributed by atoms with E-state index >= 15 is 0 Å². The molecule has 1 heterocycles. The predicted octanol–water partition coefficient (Wildman–Crippen LogP) is 8.08. The van der Waals surface area contributed by atoms with Crippen molar-refractivity contribution in [2.45, 2.75) is 20.0 Å². The molecule has 0 aliphatic rings. The van der Waals surface area contributed by atoms with Crippen LogP contribution in [0.4, 0.5) is 30.2 Å². The molecule has 5 rings (SSSR count). The van der Waals surface area contributed by atoms with E-state index in [-0.39, 0.29) is 11.3 Å². The number of carbonyl (C=O) groups excluding carboxylic acids is 2. The number of imidazole rings is 1. The van der Waals surface area contributed by atoms with Gasteiger partial charge in [-0.1, -0.05) is 48.0 Å². The number of amides is 2. The van der Waals surface area contributed by atoms with Crippen LogP contribution in [0.25, 0.3) is 11.0 Å². The molecule has 4 aromatic carbocycles. The fourth-order valence-electron chi connectivity index (χ4n) is 4.50. The van der Waals surface area contributed by atoms with E-state index in [1.807, 2.05) is 6.07 Å². The van der Waals surface area contributed by atoms with Crippen molar-refractivity contribution in [2.24, 2.45) is 0 Å². The number of fused-ring (bicyclic) bond motifs is 1. The lowest BCUT2D eigenvalue weighted by molar-refractivity contribution is -0.137. The first kappa shape index (κ1) is 27.0. The fourth-order valence-corrected chi connectivity index (χ4v) is 4.67. The summed E-state index contributed by atoms with van der Waals surface area (Å²) in [5, 5.41) is 3.00. The third-order valence-corrected chi connectivity index (χ3v) is 6.78. The minimum atomic E-state index is -4.72. The molecule has 2 N–H and O–H groups in total. The van der Waals surface area contributed by atoms with Gasteiger partial charge >= 0.3 is 6.18 Å². The maximum Gasteiger partial charge on any atom is 0.417 e. The maximum atomic E-state index is 14.3. The third-order valence-electron chi connectivity index (χ3n) is 6.37. The van der Waals surface area contributed by atoms with Crippen molar-refractivity contribution < 1.29 is 22.8 Å². The van der Waals surface area contributed by atoms with Crippen LogP contribution in [0, 0.1) is 13.8 Å². The van der Waals surface area contributed by atoms with E-state index in [9.17, 15) is 22.8 Å². The Bertz CT molecular complexity index is 1750. The van der Waals surface area contributed by atoms with Gasteiger partial charge in [0, 0.05) is 16.4 Å². The van der Waals surface area contributed by atoms with Crippen LogP contribution in [0.5, 0.6) is 0 Å². The van der Waals surface area contributed by atoms with Gasteiger partial charge < -0.3 is 10.3 Å². The number of benzene rings is 4. The molecule has 5 aromatic rings. The molecule has 0 saturated carbocycles. The molecule has 0 fully saturated rings. The van der Waals surface area contributed by atoms with Gasteiger partial charge in [-0.05, 0) is 67.9 Å². The van der Waals surface area contributed by atoms with E-state index < -0.39 is 29.1 Å². The minimum absolute atomic E-state index is 0.123. The molecular formula is C30H22ClF3N4O2. The Hall–Kier alpha value is -4.63. The normalized spacial score (nSPS) is 11.4. The van der Waals surface area contributed by atoms with Crippen LogP contribution in [0.1, 0.15) is 37.7 Å². The zero-order valence-corrected chi connectivity index (χ0v) is 22.1. The molecule has 0 radical (unpaired) electrons. The fraction of sp³-hybridized carbons (Fsp3) is 0.100. The zero-order valence-electron chi connectivity index (χ0n) is 21.3. The van der Waals surface area contributed by atoms with E-state index in [2.05, 4.69) is 15.3 Å². The number of halogens is 4. The van der Waals surface area contributed by atoms with Gasteiger partial charge in [0.25, 0.3) is 11.8 Å². The monoisotopic (exact) mass is 562 g/mol. The second kappa shape index (κ2) is 10.5. The van der Waals surface area contributed by atoms with Gasteiger partial charge in [0.1, 0.15) is 11.3 Å². The number of nitrogens with one attached hydrogen (secondary N) is 2. The van der Waals surface area contributed by atoms with Crippen LogP contribution in [-0.2, 0) is 6.18 Å². The van der Waals surface area contributed by atoms with Gasteiger partial charge in [0.15, 0.2) is 0 Å². The molecule has 0 aliphatic carbocycles. The number of aromatic nitrogens is 2. The Morgan fingerprint density at radius 1 is 0.900 bits per heavy atom. The summed E-state index contributed by atoms with van der Waals surface area (Å²) in [7, 11) is 0. The molecule has 0 aliphatic heterocycles. The summed E-state index contributed by atoms with van der Waals surface area (Å²) in [6, 6.07) is 21.6. The molecule has 0 bridgehead atoms. The van der Waals surface area contributed by atoms with Crippen LogP contribution in [0.3, 0.4) is 0 Å². The van der Waals surface area contributed by atoms with Gasteiger partial charge in [-0.2, -0.15) is 13.2 Å². The standard InChI is InChI=1S/C30H22ClF3N4O2/c1-17-24(31)13-8-14-26(17)38(20-9-4-3-5-10-20)29(40)22-15-19(16-25-27(22)36-18(2)35-25)37-28(39)21-11-6-7-12-23(21)30(32,33)34/h3-16H,1-2H3,(H,35,36)(H,37,39). The molecule has 6 nitrogen and oxygen atoms in total. The van der Waals surface area contributed by atoms with Crippen molar-refractivity contribution >= 4 is 51.5 Å². The number of aromatic amines is 1. The minimum Gasteiger partial charge on any atom is -0.342 e. The van der Waals surface area contributed by atoms with Crippen molar-refractivity contribution in [3.8, 4) is 0 Å². The molecule has 0 saturated heterocycles. The summed E-state index contributed by atoms with van der Waals surface area (Å²) in [6.07, 6.45) is -4.72. The molecule has 202 valence electrons. The Kier molecular flexibility index (Phi) is 7.08. The highest BCUT2D eigenvalue weighted by molar-refractivity contribution is 6.32. The van der Waals surface area contributed by atoms with Gasteiger partial charge in [0.05, 0.1) is 27.9 Å². The van der Waals surface area contributed by atoms with E-state index in [4.69, 9.17) is 11.6 Å². The lowest BCUT2D eigenvalue weighted by atomic mass is 10.1. The molecule has 10 heteroatoms. The molecule has 1 aromatic heterocycles. The summed E-state index contributed by atoms with van der Waals surface area (Å²) >= 11 is 6.40. The number of alkyl halides is 3. The molecule has 0 atom stereocenters. The van der Waals surface area contributed by atoms with Gasteiger partial charge in [-0.25, -0.2) is 4.98 Å². The zero-order chi connectivity index (χ0) is 28.6. The van der Waals surface area contributed by atoms with Crippen LogP contribution in [0.2, 0.25) is 5.02 Å². The third kappa shape index (κ3) is 5.15. The predicted molar refractivity (Wildman–Crippen MR) is 149 cm³/mol. The number of H-pyrrole nitrogens is 1. The van der Waals surface area contributed by atoms with Crippen LogP contribution >= 0.6 is 11.6 Å². The largest absolute Gasteiger partial charge is 0.417 e. The van der Waals surface area contributed by atoms with Gasteiger partial charge in [-0.3, -0.25) is 14.5 Å². The number of hydrogen-bond acceptors (Lipinski definition) is 3. The first-order valence-electron chi connectivity index (χ1n) is 12.2. The highest BCUT2D eigenvalue weighted by Crippen LogP contribution is 2.36. The van der Waals surface area contributed by atoms with Crippen LogP contribution in [0.15, 0.2) is 84.9 Å². The van der Waals surface area contributed by atoms with Crippen molar-refractivity contribution in [2.75, 3.05) is 10.2 Å². The Morgan fingerprint density at radius 2 is 1.60 bits per heavy atom. The quantitative estimate of drug-likeness (QED) is 0.227. The van der Waals surface area contributed by atoms with E-state index in [0.29, 0.717) is 38.8 Å². The number of aryl methyl sites for hydroxylation is 1. The average molecular weight is 563 g/mol. The molecule has 40 heavy (non-hydrogen) atoms. The Balaban J connectivity index is 1.63. The topological polar surface area (TPSA) is 78.1 Å². The summed E-state index contributed by atoms with van der Waals surface area (Å²) in [4.78, 5) is 36.3. The highest BCUT2D eigenvalue weighted by atomic mass is 35.5. The van der Waals surface area contributed by atoms with Crippen molar-refractivity contribution in [1.29, 1.82) is 0 Å². The summed E-state index contributed by atoms with van der Waals surface area (Å²) in [5.74, 6) is -0.924. The Labute approximate surface area is 232 Å². The molecule has 0 unspecified atom stereocenters. The smallest absolute Gasteiger partial charge is 0.342 e. The number of anilines is 3. The molecule has 0 spiro atoms. The summed E-state index contributed by atoms with van der Waals surface area (Å²) < 4.78 is 40.6. The SMILES string of the molecule is Cc1nc2c(C(=O)N(c3ccccc3)c3cccc(Cl)c3C)cc(NC(=O)c3ccccc3C(F)(F)F)cc2[nH]1. The highest BCUT2D eigenvalue weighted by Gasteiger charge is 2.35. The van der Waals surface area contributed by atoms with Crippen LogP contribution < -0.4 is 10.2 Å². The second-order valence-corrected chi connectivity index (χ2v) is 9.51. The van der Waals surface area contributed by atoms with E-state index in [0.717, 1.165) is 12.1 Å². The van der Waals surface area contributed by atoms with E-state index in [1.165, 1.54) is 29.2 Å². The number of para-hydroxylation sites is 1. The summed E-state index contributed by atoms with van der Waals surface area (Å²) in [5.41, 5.74) is 1.20. The first-order valence-corrected chi connectivity index (χ1v) is 12.5. The average Bonchev–Trinajstić information content (AvgIpc) is 3.30. The van der Waals surface area contributed by atoms with Crippen molar-refractivity contribution in [3.63, 3.8) is 0 Å². The van der Waals surface area contributed by atoms with Crippen molar-refractivity contribution in [3.05, 3.63) is 118 Å². The van der Waals surface area contributed by atoms with E-state index in [1.54, 1.807) is 56.3 Å². The van der Waals surface area contributed by atoms with Crippen LogP contribution in [-0.4, -0.2) is 21.8 Å². The van der Waals surface area contributed by atoms with Gasteiger partial charge in [0.2, 0.25) is 0 Å². The van der Waals surface area contributed by atoms with Crippen molar-refractivity contribution in [1.82, 2.24) is 9.97 Å². The maximum absolute atomic E-state index is 14.3. The number of nitrogens with zero attached hydrogens (tertiary/aromatic N) is 2. The lowest BCUT2D eigenvalue weighted by Crippen LogP contribution is -2.27. The number of hydrogen-bond donors (Lipinski definition) is 2. The second-order valence-electron chi connectivity index (χ2n) is 9.10.